The quantitative estimate of drug-likeness (QED) is 0.896. The lowest BCUT2D eigenvalue weighted by Gasteiger charge is -2.32. The molecule has 1 aromatic rings. The third-order valence-electron chi connectivity index (χ3n) is 4.16. The van der Waals surface area contributed by atoms with Gasteiger partial charge in [-0.25, -0.2) is 0 Å². The van der Waals surface area contributed by atoms with Crippen LogP contribution in [0.3, 0.4) is 0 Å². The van der Waals surface area contributed by atoms with Crippen LogP contribution in [0.2, 0.25) is 0 Å². The summed E-state index contributed by atoms with van der Waals surface area (Å²) in [4.78, 5) is 12.1. The first-order chi connectivity index (χ1) is 10.4. The van der Waals surface area contributed by atoms with Crippen LogP contribution in [0.4, 0.5) is 13.2 Å². The van der Waals surface area contributed by atoms with Gasteiger partial charge in [0.2, 0.25) is 5.91 Å². The van der Waals surface area contributed by atoms with Crippen molar-refractivity contribution in [1.29, 1.82) is 0 Å². The molecule has 2 rings (SSSR count). The molecule has 22 heavy (non-hydrogen) atoms. The molecular weight excluding hydrogens is 295 g/mol. The molecule has 0 unspecified atom stereocenters. The Bertz CT molecular complexity index is 516. The normalized spacial score (nSPS) is 22.4. The number of nitrogens with one attached hydrogen (secondary N) is 1. The van der Waals surface area contributed by atoms with E-state index in [0.717, 1.165) is 5.56 Å². The molecular formula is C16H20F3NO2. The highest BCUT2D eigenvalue weighted by Crippen LogP contribution is 2.41. The Labute approximate surface area is 127 Å². The van der Waals surface area contributed by atoms with Crippen molar-refractivity contribution in [2.45, 2.75) is 45.0 Å². The summed E-state index contributed by atoms with van der Waals surface area (Å²) in [6.45, 7) is 0.0638. The Hall–Kier alpha value is -1.56. The van der Waals surface area contributed by atoms with Crippen LogP contribution >= 0.6 is 0 Å². The molecule has 1 saturated carbocycles. The maximum absolute atomic E-state index is 13.0. The fourth-order valence-electron chi connectivity index (χ4n) is 2.99. The second-order valence-electron chi connectivity index (χ2n) is 5.73. The minimum Gasteiger partial charge on any atom is -0.392 e. The van der Waals surface area contributed by atoms with Crippen LogP contribution in [0.25, 0.3) is 0 Å². The summed E-state index contributed by atoms with van der Waals surface area (Å²) in [7, 11) is 0. The maximum Gasteiger partial charge on any atom is 0.392 e. The third-order valence-corrected chi connectivity index (χ3v) is 4.16. The summed E-state index contributed by atoms with van der Waals surface area (Å²) < 4.78 is 39.0. The number of carbonyl (C=O) groups excluding carboxylic acids is 1. The van der Waals surface area contributed by atoms with Crippen LogP contribution in [-0.4, -0.2) is 17.2 Å². The molecule has 1 amide bonds. The monoisotopic (exact) mass is 315 g/mol. The largest absolute Gasteiger partial charge is 0.392 e. The zero-order valence-electron chi connectivity index (χ0n) is 12.2. The van der Waals surface area contributed by atoms with Gasteiger partial charge in [-0.2, -0.15) is 13.2 Å². The number of amides is 1. The van der Waals surface area contributed by atoms with E-state index in [1.54, 1.807) is 24.3 Å². The van der Waals surface area contributed by atoms with Gasteiger partial charge in [0.1, 0.15) is 0 Å². The predicted molar refractivity (Wildman–Crippen MR) is 75.7 cm³/mol. The van der Waals surface area contributed by atoms with Gasteiger partial charge in [0.25, 0.3) is 0 Å². The second kappa shape index (κ2) is 7.13. The van der Waals surface area contributed by atoms with Gasteiger partial charge >= 0.3 is 6.18 Å². The highest BCUT2D eigenvalue weighted by Gasteiger charge is 2.47. The lowest BCUT2D eigenvalue weighted by atomic mass is 9.78. The molecule has 0 aliphatic heterocycles. The van der Waals surface area contributed by atoms with E-state index in [9.17, 15) is 18.0 Å². The Morgan fingerprint density at radius 3 is 2.59 bits per heavy atom. The number of carbonyl (C=O) groups is 1. The standard InChI is InChI=1S/C16H20F3NO2/c17-16(18,19)14-7-2-1-6-13(14)15(22)20-9-11-4-3-5-12(8-11)10-21/h3-5,8,13-14,21H,1-2,6-7,9-10H2,(H,20,22)/t13-,14+/m1/s1. The van der Waals surface area contributed by atoms with Gasteiger partial charge in [-0.05, 0) is 24.0 Å². The zero-order valence-corrected chi connectivity index (χ0v) is 12.2. The number of halogens is 3. The smallest absolute Gasteiger partial charge is 0.392 e. The van der Waals surface area contributed by atoms with Gasteiger partial charge in [0.05, 0.1) is 12.5 Å². The minimum atomic E-state index is -4.32. The Kier molecular flexibility index (Phi) is 5.45. The van der Waals surface area contributed by atoms with Crippen molar-refractivity contribution in [2.24, 2.45) is 11.8 Å². The highest BCUT2D eigenvalue weighted by molar-refractivity contribution is 5.79. The fraction of sp³-hybridized carbons (Fsp3) is 0.562. The average Bonchev–Trinajstić information content (AvgIpc) is 2.52. The van der Waals surface area contributed by atoms with Crippen molar-refractivity contribution in [3.8, 4) is 0 Å². The number of benzene rings is 1. The maximum atomic E-state index is 13.0. The second-order valence-corrected chi connectivity index (χ2v) is 5.73. The van der Waals surface area contributed by atoms with Crippen LogP contribution in [0.5, 0.6) is 0 Å². The number of hydrogen-bond acceptors (Lipinski definition) is 2. The number of alkyl halides is 3. The van der Waals surface area contributed by atoms with E-state index in [-0.39, 0.29) is 26.0 Å². The molecule has 1 aromatic carbocycles. The first-order valence-corrected chi connectivity index (χ1v) is 7.45. The van der Waals surface area contributed by atoms with Gasteiger partial charge in [0, 0.05) is 12.5 Å². The molecule has 0 radical (unpaired) electrons. The van der Waals surface area contributed by atoms with Crippen LogP contribution in [-0.2, 0) is 17.9 Å². The average molecular weight is 315 g/mol. The fourth-order valence-corrected chi connectivity index (χ4v) is 2.99. The topological polar surface area (TPSA) is 49.3 Å². The molecule has 0 saturated heterocycles. The molecule has 2 atom stereocenters. The van der Waals surface area contributed by atoms with Crippen molar-refractivity contribution >= 4 is 5.91 Å². The van der Waals surface area contributed by atoms with E-state index in [1.165, 1.54) is 0 Å². The zero-order chi connectivity index (χ0) is 16.2. The Morgan fingerprint density at radius 1 is 1.23 bits per heavy atom. The van der Waals surface area contributed by atoms with Gasteiger partial charge in [-0.1, -0.05) is 37.1 Å². The van der Waals surface area contributed by atoms with E-state index >= 15 is 0 Å². The minimum absolute atomic E-state index is 0.0293. The van der Waals surface area contributed by atoms with Crippen molar-refractivity contribution in [2.75, 3.05) is 0 Å². The summed E-state index contributed by atoms with van der Waals surface area (Å²) in [5, 5.41) is 11.7. The SMILES string of the molecule is O=C(NCc1cccc(CO)c1)[C@@H]1CCCC[C@@H]1C(F)(F)F. The van der Waals surface area contributed by atoms with Crippen molar-refractivity contribution in [1.82, 2.24) is 5.32 Å². The lowest BCUT2D eigenvalue weighted by molar-refractivity contribution is -0.198. The molecule has 2 N–H and O–H groups in total. The van der Waals surface area contributed by atoms with Gasteiger partial charge < -0.3 is 10.4 Å². The molecule has 0 bridgehead atoms. The van der Waals surface area contributed by atoms with E-state index < -0.39 is 23.9 Å². The lowest BCUT2D eigenvalue weighted by Crippen LogP contribution is -2.42. The van der Waals surface area contributed by atoms with E-state index in [1.807, 2.05) is 0 Å². The van der Waals surface area contributed by atoms with Crippen molar-refractivity contribution in [3.63, 3.8) is 0 Å². The highest BCUT2D eigenvalue weighted by atomic mass is 19.4. The van der Waals surface area contributed by atoms with Crippen LogP contribution < -0.4 is 5.32 Å². The van der Waals surface area contributed by atoms with E-state index in [4.69, 9.17) is 5.11 Å². The summed E-state index contributed by atoms with van der Waals surface area (Å²) in [6, 6.07) is 6.97. The first kappa shape index (κ1) is 16.8. The number of aliphatic hydroxyl groups excluding tert-OH is 1. The number of aliphatic hydroxyl groups is 1. The van der Waals surface area contributed by atoms with Gasteiger partial charge in [-0.3, -0.25) is 4.79 Å². The molecule has 1 aliphatic carbocycles. The van der Waals surface area contributed by atoms with Crippen molar-refractivity contribution < 1.29 is 23.1 Å². The molecule has 6 heteroatoms. The van der Waals surface area contributed by atoms with Gasteiger partial charge in [0.15, 0.2) is 0 Å². The summed E-state index contributed by atoms with van der Waals surface area (Å²) in [5.41, 5.74) is 1.47. The molecule has 0 spiro atoms. The van der Waals surface area contributed by atoms with Crippen molar-refractivity contribution in [3.05, 3.63) is 35.4 Å². The first-order valence-electron chi connectivity index (χ1n) is 7.45. The predicted octanol–water partition coefficient (Wildman–Crippen LogP) is 3.16. The summed E-state index contributed by atoms with van der Waals surface area (Å²) >= 11 is 0. The summed E-state index contributed by atoms with van der Waals surface area (Å²) in [5.74, 6) is -3.06. The van der Waals surface area contributed by atoms with E-state index in [2.05, 4.69) is 5.32 Å². The summed E-state index contributed by atoms with van der Waals surface area (Å²) in [6.07, 6.45) is -2.83. The Morgan fingerprint density at radius 2 is 1.91 bits per heavy atom. The van der Waals surface area contributed by atoms with Crippen LogP contribution in [0, 0.1) is 11.8 Å². The van der Waals surface area contributed by atoms with Gasteiger partial charge in [-0.15, -0.1) is 0 Å². The molecule has 1 aliphatic rings. The molecule has 0 heterocycles. The Balaban J connectivity index is 1.98. The van der Waals surface area contributed by atoms with Crippen LogP contribution in [0.1, 0.15) is 36.8 Å². The number of hydrogen-bond donors (Lipinski definition) is 2. The number of rotatable bonds is 4. The van der Waals surface area contributed by atoms with E-state index in [0.29, 0.717) is 18.4 Å². The molecule has 1 fully saturated rings. The molecule has 122 valence electrons. The molecule has 0 aromatic heterocycles. The van der Waals surface area contributed by atoms with Crippen LogP contribution in [0.15, 0.2) is 24.3 Å². The third kappa shape index (κ3) is 4.22. The molecule has 3 nitrogen and oxygen atoms in total.